The first-order chi connectivity index (χ1) is 9.40. The van der Waals surface area contributed by atoms with Crippen molar-refractivity contribution in [1.29, 1.82) is 0 Å². The van der Waals surface area contributed by atoms with Crippen LogP contribution in [-0.2, 0) is 11.3 Å². The number of carbonyl (C=O) groups is 2. The maximum atomic E-state index is 12.7. The van der Waals surface area contributed by atoms with Gasteiger partial charge in [0.15, 0.2) is 0 Å². The quantitative estimate of drug-likeness (QED) is 0.845. The molecule has 0 saturated heterocycles. The summed E-state index contributed by atoms with van der Waals surface area (Å²) in [4.78, 5) is 24.6. The zero-order chi connectivity index (χ0) is 14.9. The molecule has 0 spiro atoms. The van der Waals surface area contributed by atoms with Gasteiger partial charge in [0.25, 0.3) is 12.3 Å². The van der Waals surface area contributed by atoms with E-state index >= 15 is 0 Å². The van der Waals surface area contributed by atoms with Crippen molar-refractivity contribution in [1.82, 2.24) is 10.2 Å². The first-order valence-electron chi connectivity index (χ1n) is 5.68. The van der Waals surface area contributed by atoms with Gasteiger partial charge in [0.1, 0.15) is 6.54 Å². The summed E-state index contributed by atoms with van der Waals surface area (Å²) in [7, 11) is 0. The molecule has 0 saturated carbocycles. The number of benzene rings is 1. The predicted molar refractivity (Wildman–Crippen MR) is 67.9 cm³/mol. The molecule has 1 aliphatic rings. The van der Waals surface area contributed by atoms with E-state index in [1.165, 1.54) is 10.2 Å². The van der Waals surface area contributed by atoms with Crippen LogP contribution in [0.2, 0.25) is 0 Å². The molecule has 0 fully saturated rings. The Kier molecular flexibility index (Phi) is 4.32. The van der Waals surface area contributed by atoms with Crippen molar-refractivity contribution in [2.45, 2.75) is 19.3 Å². The monoisotopic (exact) mass is 350 g/mol. The molecule has 1 aromatic carbocycles. The molecule has 0 radical (unpaired) electrons. The lowest BCUT2D eigenvalue weighted by Gasteiger charge is -2.16. The molecule has 8 heteroatoms. The molecule has 1 unspecified atom stereocenters. The number of alkyl halides is 3. The zero-order valence-corrected chi connectivity index (χ0v) is 11.7. The number of carbonyl (C=O) groups excluding carboxylic acids is 2. The van der Waals surface area contributed by atoms with Gasteiger partial charge >= 0.3 is 0 Å². The van der Waals surface area contributed by atoms with E-state index in [-0.39, 0.29) is 6.54 Å². The first-order valence-corrected chi connectivity index (χ1v) is 6.47. The van der Waals surface area contributed by atoms with Crippen molar-refractivity contribution >= 4 is 27.7 Å². The molecule has 1 atom stereocenters. The van der Waals surface area contributed by atoms with Crippen molar-refractivity contribution in [3.8, 4) is 0 Å². The van der Waals surface area contributed by atoms with E-state index < -0.39 is 31.1 Å². The lowest BCUT2D eigenvalue weighted by Crippen LogP contribution is -2.43. The van der Waals surface area contributed by atoms with Crippen LogP contribution < -0.4 is 5.32 Å². The third kappa shape index (κ3) is 2.95. The zero-order valence-electron chi connectivity index (χ0n) is 10.1. The van der Waals surface area contributed by atoms with Crippen LogP contribution in [0.1, 0.15) is 15.9 Å². The van der Waals surface area contributed by atoms with Gasteiger partial charge in [-0.25, -0.2) is 13.2 Å². The molecule has 1 aliphatic heterocycles. The Morgan fingerprint density at radius 3 is 2.70 bits per heavy atom. The van der Waals surface area contributed by atoms with Gasteiger partial charge in [0, 0.05) is 11.0 Å². The molecule has 2 rings (SSSR count). The molecule has 0 bridgehead atoms. The largest absolute Gasteiger partial charge is 0.325 e. The topological polar surface area (TPSA) is 49.4 Å². The van der Waals surface area contributed by atoms with Gasteiger partial charge in [-0.05, 0) is 27.6 Å². The minimum atomic E-state index is -3.29. The summed E-state index contributed by atoms with van der Waals surface area (Å²) in [6.45, 7) is -0.278. The molecule has 4 nitrogen and oxygen atoms in total. The van der Waals surface area contributed by atoms with Crippen LogP contribution in [0.4, 0.5) is 13.2 Å². The van der Waals surface area contributed by atoms with Crippen LogP contribution in [0, 0.1) is 0 Å². The Morgan fingerprint density at radius 1 is 1.40 bits per heavy atom. The molecule has 1 aromatic rings. The maximum Gasteiger partial charge on any atom is 0.287 e. The van der Waals surface area contributed by atoms with E-state index in [2.05, 4.69) is 15.9 Å². The summed E-state index contributed by atoms with van der Waals surface area (Å²) in [5, 5.41) is 1.51. The Morgan fingerprint density at radius 2 is 2.10 bits per heavy atom. The SMILES string of the molecule is O=C(CN1Cc2cccc(Br)c2C1=O)NC(F)C(F)F. The van der Waals surface area contributed by atoms with Crippen LogP contribution in [0.3, 0.4) is 0 Å². The third-order valence-corrected chi connectivity index (χ3v) is 3.48. The fourth-order valence-corrected chi connectivity index (χ4v) is 2.52. The van der Waals surface area contributed by atoms with Gasteiger partial charge < -0.3 is 10.2 Å². The number of amides is 2. The number of halogens is 4. The second-order valence-corrected chi connectivity index (χ2v) is 5.09. The van der Waals surface area contributed by atoms with Crippen molar-refractivity contribution in [3.63, 3.8) is 0 Å². The number of nitrogens with zero attached hydrogens (tertiary/aromatic N) is 1. The average Bonchev–Trinajstić information content (AvgIpc) is 2.67. The van der Waals surface area contributed by atoms with E-state index in [0.29, 0.717) is 10.0 Å². The molecular weight excluding hydrogens is 341 g/mol. The van der Waals surface area contributed by atoms with Crippen molar-refractivity contribution < 1.29 is 22.8 Å². The molecule has 108 valence electrons. The summed E-state index contributed by atoms with van der Waals surface area (Å²) in [5.41, 5.74) is 1.16. The van der Waals surface area contributed by atoms with Gasteiger partial charge in [-0.1, -0.05) is 12.1 Å². The number of rotatable bonds is 4. The molecule has 2 amide bonds. The lowest BCUT2D eigenvalue weighted by atomic mass is 10.1. The highest BCUT2D eigenvalue weighted by Gasteiger charge is 2.31. The number of nitrogens with one attached hydrogen (secondary N) is 1. The molecule has 0 aliphatic carbocycles. The summed E-state index contributed by atoms with van der Waals surface area (Å²) < 4.78 is 37.2. The molecule has 20 heavy (non-hydrogen) atoms. The predicted octanol–water partition coefficient (Wildman–Crippen LogP) is 2.08. The fraction of sp³-hybridized carbons (Fsp3) is 0.333. The Balaban J connectivity index is 2.02. The van der Waals surface area contributed by atoms with Crippen molar-refractivity contribution in [2.75, 3.05) is 6.54 Å². The van der Waals surface area contributed by atoms with E-state index in [1.54, 1.807) is 18.2 Å². The standard InChI is InChI=1S/C12H10BrF3N2O2/c13-7-3-1-2-6-4-18(12(20)9(6)7)5-8(19)17-11(16)10(14)15/h1-3,10-11H,4-5H2,(H,17,19). The fourth-order valence-electron chi connectivity index (χ4n) is 1.94. The Labute approximate surface area is 121 Å². The molecular formula is C12H10BrF3N2O2. The van der Waals surface area contributed by atoms with Crippen LogP contribution in [0.25, 0.3) is 0 Å². The Bertz CT molecular complexity index is 554. The van der Waals surface area contributed by atoms with Crippen LogP contribution in [0.15, 0.2) is 22.7 Å². The molecule has 1 N–H and O–H groups in total. The number of hydrogen-bond acceptors (Lipinski definition) is 2. The van der Waals surface area contributed by atoms with Crippen LogP contribution >= 0.6 is 15.9 Å². The number of hydrogen-bond donors (Lipinski definition) is 1. The minimum Gasteiger partial charge on any atom is -0.325 e. The van der Waals surface area contributed by atoms with E-state index in [1.807, 2.05) is 0 Å². The Hall–Kier alpha value is -1.57. The van der Waals surface area contributed by atoms with Crippen molar-refractivity contribution in [3.05, 3.63) is 33.8 Å². The first kappa shape index (κ1) is 14.8. The summed E-state index contributed by atoms with van der Waals surface area (Å²) in [6.07, 6.45) is -6.02. The highest BCUT2D eigenvalue weighted by atomic mass is 79.9. The highest BCUT2D eigenvalue weighted by molar-refractivity contribution is 9.10. The summed E-state index contributed by atoms with van der Waals surface area (Å²) in [6, 6.07) is 5.16. The lowest BCUT2D eigenvalue weighted by molar-refractivity contribution is -0.125. The van der Waals surface area contributed by atoms with Crippen LogP contribution in [-0.4, -0.2) is 36.0 Å². The minimum absolute atomic E-state index is 0.187. The number of fused-ring (bicyclic) bond motifs is 1. The second kappa shape index (κ2) is 5.82. The normalized spacial score (nSPS) is 15.4. The van der Waals surface area contributed by atoms with Gasteiger partial charge in [-0.3, -0.25) is 9.59 Å². The van der Waals surface area contributed by atoms with Gasteiger partial charge in [-0.15, -0.1) is 0 Å². The summed E-state index contributed by atoms with van der Waals surface area (Å²) in [5.74, 6) is -1.36. The molecule has 1 heterocycles. The van der Waals surface area contributed by atoms with E-state index in [9.17, 15) is 22.8 Å². The van der Waals surface area contributed by atoms with Gasteiger partial charge in [0.05, 0.1) is 5.56 Å². The van der Waals surface area contributed by atoms with Gasteiger partial charge in [0.2, 0.25) is 12.2 Å². The maximum absolute atomic E-state index is 12.7. The van der Waals surface area contributed by atoms with E-state index in [0.717, 1.165) is 5.56 Å². The average molecular weight is 351 g/mol. The molecule has 0 aromatic heterocycles. The van der Waals surface area contributed by atoms with Crippen LogP contribution in [0.5, 0.6) is 0 Å². The van der Waals surface area contributed by atoms with Crippen molar-refractivity contribution in [2.24, 2.45) is 0 Å². The third-order valence-electron chi connectivity index (χ3n) is 2.82. The van der Waals surface area contributed by atoms with Gasteiger partial charge in [-0.2, -0.15) is 0 Å². The highest BCUT2D eigenvalue weighted by Crippen LogP contribution is 2.29. The smallest absolute Gasteiger partial charge is 0.287 e. The van der Waals surface area contributed by atoms with E-state index in [4.69, 9.17) is 0 Å². The summed E-state index contributed by atoms with van der Waals surface area (Å²) >= 11 is 3.23. The second-order valence-electron chi connectivity index (χ2n) is 4.24.